The number of carbonyl (C=O) groups is 1. The largest absolute Gasteiger partial charge is 0.377 e. The number of nitrogens with zero attached hydrogens (tertiary/aromatic N) is 2. The van der Waals surface area contributed by atoms with Gasteiger partial charge in [0.15, 0.2) is 17.4 Å². The van der Waals surface area contributed by atoms with E-state index in [-0.39, 0.29) is 5.78 Å². The predicted octanol–water partition coefficient (Wildman–Crippen LogP) is 3.05. The third-order valence-electron chi connectivity index (χ3n) is 3.64. The van der Waals surface area contributed by atoms with E-state index in [0.717, 1.165) is 5.69 Å². The number of ketones is 1. The topological polar surface area (TPSA) is 36.2 Å². The molecular formula is C18H21ClN3OS+. The molecule has 0 radical (unpaired) electrons. The van der Waals surface area contributed by atoms with Gasteiger partial charge < -0.3 is 10.2 Å². The number of hydrogen-bond acceptors (Lipinski definition) is 3. The van der Waals surface area contributed by atoms with E-state index in [2.05, 4.69) is 5.32 Å². The number of hydrogen-bond donors (Lipinski definition) is 1. The molecule has 0 bridgehead atoms. The molecule has 0 amide bonds. The first-order valence-corrected chi connectivity index (χ1v) is 8.49. The molecule has 1 heterocycles. The van der Waals surface area contributed by atoms with Crippen LogP contribution in [0.4, 0.5) is 5.69 Å². The van der Waals surface area contributed by atoms with Gasteiger partial charge in [0.25, 0.3) is 6.04 Å². The lowest BCUT2D eigenvalue weighted by molar-refractivity contribution is -0.692. The van der Waals surface area contributed by atoms with Crippen molar-refractivity contribution in [2.45, 2.75) is 13.0 Å². The zero-order valence-corrected chi connectivity index (χ0v) is 15.6. The summed E-state index contributed by atoms with van der Waals surface area (Å²) in [6.07, 6.45) is 3.72. The second-order valence-electron chi connectivity index (χ2n) is 5.54. The number of anilines is 1. The van der Waals surface area contributed by atoms with Gasteiger partial charge in [-0.05, 0) is 19.1 Å². The van der Waals surface area contributed by atoms with Crippen LogP contribution in [0.15, 0.2) is 48.8 Å². The molecule has 24 heavy (non-hydrogen) atoms. The summed E-state index contributed by atoms with van der Waals surface area (Å²) in [4.78, 5) is 15.5. The van der Waals surface area contributed by atoms with Gasteiger partial charge >= 0.3 is 0 Å². The molecule has 0 aliphatic rings. The van der Waals surface area contributed by atoms with Gasteiger partial charge in [0.2, 0.25) is 5.78 Å². The summed E-state index contributed by atoms with van der Waals surface area (Å²) >= 11 is 11.7. The summed E-state index contributed by atoms with van der Waals surface area (Å²) < 4.78 is 1.81. The highest BCUT2D eigenvalue weighted by Crippen LogP contribution is 2.20. The molecule has 2 rings (SSSR count). The number of carbonyl (C=O) groups excluding carboxylic acids is 1. The summed E-state index contributed by atoms with van der Waals surface area (Å²) in [6, 6.07) is 10.3. The molecule has 1 unspecified atom stereocenters. The van der Waals surface area contributed by atoms with Crippen molar-refractivity contribution in [3.8, 4) is 0 Å². The fourth-order valence-corrected chi connectivity index (χ4v) is 2.97. The third-order valence-corrected chi connectivity index (χ3v) is 4.33. The number of thiocarbonyl (C=S) groups is 1. The summed E-state index contributed by atoms with van der Waals surface area (Å²) in [5.41, 5.74) is 1.51. The van der Waals surface area contributed by atoms with Crippen molar-refractivity contribution in [3.63, 3.8) is 0 Å². The molecule has 0 saturated heterocycles. The Kier molecular flexibility index (Phi) is 6.29. The summed E-state index contributed by atoms with van der Waals surface area (Å²) in [5, 5.41) is 3.52. The highest BCUT2D eigenvalue weighted by atomic mass is 35.5. The Balaban J connectivity index is 2.43. The van der Waals surface area contributed by atoms with E-state index in [1.807, 2.05) is 55.0 Å². The van der Waals surface area contributed by atoms with Gasteiger partial charge in [0.05, 0.1) is 5.02 Å². The van der Waals surface area contributed by atoms with Crippen LogP contribution in [0.5, 0.6) is 0 Å². The second kappa shape index (κ2) is 8.22. The zero-order chi connectivity index (χ0) is 17.7. The van der Waals surface area contributed by atoms with Crippen LogP contribution in [-0.2, 0) is 0 Å². The number of halogens is 1. The number of nitrogens with one attached hydrogen (secondary N) is 1. The van der Waals surface area contributed by atoms with E-state index < -0.39 is 6.04 Å². The first kappa shape index (κ1) is 18.4. The quantitative estimate of drug-likeness (QED) is 0.487. The molecule has 2 aromatic rings. The average molecular weight is 363 g/mol. The van der Waals surface area contributed by atoms with Crippen LogP contribution in [0.2, 0.25) is 5.02 Å². The Bertz CT molecular complexity index is 731. The van der Waals surface area contributed by atoms with E-state index in [0.29, 0.717) is 22.1 Å². The van der Waals surface area contributed by atoms with E-state index >= 15 is 0 Å². The predicted molar refractivity (Wildman–Crippen MR) is 102 cm³/mol. The van der Waals surface area contributed by atoms with E-state index in [4.69, 9.17) is 23.8 Å². The van der Waals surface area contributed by atoms with E-state index in [9.17, 15) is 4.79 Å². The molecule has 6 heteroatoms. The van der Waals surface area contributed by atoms with Crippen LogP contribution in [0, 0.1) is 0 Å². The van der Waals surface area contributed by atoms with Crippen molar-refractivity contribution in [2.24, 2.45) is 0 Å². The standard InChI is InChI=1S/C18H20ClN3OS/c1-4-20-18(24)16(17(23)14-7-5-6-8-15(14)19)22-11-9-13(10-12-22)21(2)3/h5-12,16H,4H2,1-3H3/p+1. The van der Waals surface area contributed by atoms with E-state index in [1.165, 1.54) is 0 Å². The van der Waals surface area contributed by atoms with Crippen LogP contribution in [0.25, 0.3) is 0 Å². The molecule has 1 aromatic carbocycles. The van der Waals surface area contributed by atoms with Gasteiger partial charge in [-0.2, -0.15) is 4.57 Å². The van der Waals surface area contributed by atoms with Crippen molar-refractivity contribution in [1.82, 2.24) is 5.32 Å². The number of benzene rings is 1. The van der Waals surface area contributed by atoms with Gasteiger partial charge in [-0.15, -0.1) is 0 Å². The summed E-state index contributed by atoms with van der Waals surface area (Å²) in [5.74, 6) is -0.130. The fraction of sp³-hybridized carbons (Fsp3) is 0.278. The molecule has 0 spiro atoms. The molecule has 0 fully saturated rings. The van der Waals surface area contributed by atoms with Crippen molar-refractivity contribution >= 4 is 40.3 Å². The Hall–Kier alpha value is -1.98. The molecule has 1 aromatic heterocycles. The van der Waals surface area contributed by atoms with Crippen molar-refractivity contribution < 1.29 is 9.36 Å². The molecule has 126 valence electrons. The van der Waals surface area contributed by atoms with E-state index in [1.54, 1.807) is 24.3 Å². The minimum Gasteiger partial charge on any atom is -0.377 e. The maximum atomic E-state index is 13.1. The molecular weight excluding hydrogens is 342 g/mol. The van der Waals surface area contributed by atoms with Crippen LogP contribution >= 0.6 is 23.8 Å². The molecule has 0 saturated carbocycles. The van der Waals surface area contributed by atoms with Gasteiger partial charge in [-0.1, -0.05) is 36.0 Å². The number of Topliss-reactive ketones (excluding diaryl/α,β-unsaturated/α-hetero) is 1. The first-order chi connectivity index (χ1) is 11.5. The van der Waals surface area contributed by atoms with Crippen LogP contribution < -0.4 is 14.8 Å². The van der Waals surface area contributed by atoms with Gasteiger partial charge in [0.1, 0.15) is 0 Å². The van der Waals surface area contributed by atoms with Crippen molar-refractivity contribution in [1.29, 1.82) is 0 Å². The van der Waals surface area contributed by atoms with Gasteiger partial charge in [-0.25, -0.2) is 0 Å². The maximum Gasteiger partial charge on any atom is 0.270 e. The average Bonchev–Trinajstić information content (AvgIpc) is 2.56. The Morgan fingerprint density at radius 1 is 1.25 bits per heavy atom. The highest BCUT2D eigenvalue weighted by Gasteiger charge is 2.34. The lowest BCUT2D eigenvalue weighted by Gasteiger charge is -2.16. The van der Waals surface area contributed by atoms with Crippen molar-refractivity contribution in [3.05, 3.63) is 59.4 Å². The number of likely N-dealkylation sites (N-methyl/N-ethyl adjacent to an activating group) is 1. The molecule has 0 aliphatic heterocycles. The maximum absolute atomic E-state index is 13.1. The second-order valence-corrected chi connectivity index (χ2v) is 6.39. The monoisotopic (exact) mass is 362 g/mol. The van der Waals surface area contributed by atoms with Crippen LogP contribution in [0.1, 0.15) is 23.3 Å². The van der Waals surface area contributed by atoms with Crippen LogP contribution in [-0.4, -0.2) is 31.4 Å². The summed E-state index contributed by atoms with van der Waals surface area (Å²) in [7, 11) is 3.94. The van der Waals surface area contributed by atoms with Gasteiger partial charge in [0, 0.05) is 44.0 Å². The first-order valence-electron chi connectivity index (χ1n) is 7.70. The Morgan fingerprint density at radius 2 is 1.88 bits per heavy atom. The number of rotatable bonds is 6. The molecule has 0 aliphatic carbocycles. The number of aromatic nitrogens is 1. The number of pyridine rings is 1. The fourth-order valence-electron chi connectivity index (χ4n) is 2.37. The smallest absolute Gasteiger partial charge is 0.270 e. The molecule has 1 N–H and O–H groups in total. The van der Waals surface area contributed by atoms with Crippen molar-refractivity contribution in [2.75, 3.05) is 25.5 Å². The van der Waals surface area contributed by atoms with Crippen LogP contribution in [0.3, 0.4) is 0 Å². The SMILES string of the molecule is CCNC(=S)C(C(=O)c1ccccc1Cl)[n+]1ccc(N(C)C)cc1. The Labute approximate surface area is 153 Å². The lowest BCUT2D eigenvalue weighted by atomic mass is 10.0. The minimum atomic E-state index is -0.629. The highest BCUT2D eigenvalue weighted by molar-refractivity contribution is 7.80. The Morgan fingerprint density at radius 3 is 2.42 bits per heavy atom. The molecule has 1 atom stereocenters. The van der Waals surface area contributed by atoms with Gasteiger partial charge in [-0.3, -0.25) is 4.79 Å². The zero-order valence-electron chi connectivity index (χ0n) is 14.0. The lowest BCUT2D eigenvalue weighted by Crippen LogP contribution is -2.51. The normalized spacial score (nSPS) is 11.7. The molecule has 4 nitrogen and oxygen atoms in total. The third kappa shape index (κ3) is 4.10. The summed E-state index contributed by atoms with van der Waals surface area (Å²) in [6.45, 7) is 2.60. The minimum absolute atomic E-state index is 0.130.